The Balaban J connectivity index is 1.93. The summed E-state index contributed by atoms with van der Waals surface area (Å²) in [6.07, 6.45) is 3.59. The third-order valence-electron chi connectivity index (χ3n) is 4.15. The zero-order valence-corrected chi connectivity index (χ0v) is 13.7. The fourth-order valence-electron chi connectivity index (χ4n) is 2.87. The van der Waals surface area contributed by atoms with Crippen molar-refractivity contribution in [3.05, 3.63) is 34.8 Å². The van der Waals surface area contributed by atoms with Crippen LogP contribution in [0.2, 0.25) is 0 Å². The molecule has 1 fully saturated rings. The number of benzene rings is 1. The van der Waals surface area contributed by atoms with E-state index in [0.717, 1.165) is 48.7 Å². The number of halogens is 2. The summed E-state index contributed by atoms with van der Waals surface area (Å²) < 4.78 is 16.2. The smallest absolute Gasteiger partial charge is 0.180 e. The van der Waals surface area contributed by atoms with Crippen LogP contribution >= 0.6 is 15.9 Å². The van der Waals surface area contributed by atoms with Gasteiger partial charge >= 0.3 is 0 Å². The average molecular weight is 364 g/mol. The minimum Gasteiger partial charge on any atom is -0.351 e. The topological polar surface area (TPSA) is 36.7 Å². The van der Waals surface area contributed by atoms with Gasteiger partial charge in [-0.1, -0.05) is 0 Å². The molecular formula is C15H15BrFN5. The summed E-state index contributed by atoms with van der Waals surface area (Å²) in [5.74, 6) is 0.570. The Hall–Kier alpha value is -1.73. The molecule has 1 saturated heterocycles. The number of aromatic nitrogens is 3. The maximum atomic E-state index is 13.9. The first kappa shape index (κ1) is 13.9. The quantitative estimate of drug-likeness (QED) is 0.665. The van der Waals surface area contributed by atoms with Crippen LogP contribution in [0.4, 0.5) is 10.2 Å². The van der Waals surface area contributed by atoms with Gasteiger partial charge < -0.3 is 9.80 Å². The molecule has 0 N–H and O–H groups in total. The van der Waals surface area contributed by atoms with E-state index < -0.39 is 0 Å². The van der Waals surface area contributed by atoms with Crippen LogP contribution in [-0.4, -0.2) is 52.5 Å². The number of piperazine rings is 1. The standard InChI is InChI=1S/C15H15BrFN5/c1-20-4-6-21(7-5-20)15-14-18-2-3-22(14)13-9-11(17)10(16)8-12(13)19-15/h2-3,8-9H,4-7H2,1H3. The van der Waals surface area contributed by atoms with Crippen LogP contribution in [0.25, 0.3) is 16.7 Å². The van der Waals surface area contributed by atoms with Crippen molar-refractivity contribution in [1.82, 2.24) is 19.3 Å². The number of anilines is 1. The summed E-state index contributed by atoms with van der Waals surface area (Å²) in [5.41, 5.74) is 2.26. The lowest BCUT2D eigenvalue weighted by molar-refractivity contribution is 0.312. The predicted molar refractivity (Wildman–Crippen MR) is 87.9 cm³/mol. The highest BCUT2D eigenvalue weighted by molar-refractivity contribution is 9.10. The van der Waals surface area contributed by atoms with Crippen LogP contribution in [0.15, 0.2) is 29.0 Å². The predicted octanol–water partition coefficient (Wildman–Crippen LogP) is 2.54. The van der Waals surface area contributed by atoms with Gasteiger partial charge in [0.1, 0.15) is 5.82 Å². The first-order valence-corrected chi connectivity index (χ1v) is 7.98. The number of imidazole rings is 1. The van der Waals surface area contributed by atoms with Crippen LogP contribution in [0.1, 0.15) is 0 Å². The summed E-state index contributed by atoms with van der Waals surface area (Å²) in [7, 11) is 2.12. The second-order valence-electron chi connectivity index (χ2n) is 5.60. The van der Waals surface area contributed by atoms with Crippen molar-refractivity contribution >= 4 is 38.4 Å². The maximum absolute atomic E-state index is 13.9. The van der Waals surface area contributed by atoms with Crippen molar-refractivity contribution in [2.24, 2.45) is 0 Å². The molecule has 0 atom stereocenters. The Morgan fingerprint density at radius 2 is 1.95 bits per heavy atom. The molecule has 114 valence electrons. The van der Waals surface area contributed by atoms with Gasteiger partial charge in [-0.25, -0.2) is 14.4 Å². The highest BCUT2D eigenvalue weighted by Crippen LogP contribution is 2.28. The summed E-state index contributed by atoms with van der Waals surface area (Å²) in [5, 5.41) is 0. The summed E-state index contributed by atoms with van der Waals surface area (Å²) in [4.78, 5) is 13.7. The molecule has 3 heterocycles. The lowest BCUT2D eigenvalue weighted by atomic mass is 10.2. The molecule has 0 amide bonds. The van der Waals surface area contributed by atoms with Crippen molar-refractivity contribution in [3.8, 4) is 0 Å². The molecule has 0 unspecified atom stereocenters. The molecule has 0 radical (unpaired) electrons. The van der Waals surface area contributed by atoms with E-state index in [1.807, 2.05) is 10.6 Å². The zero-order chi connectivity index (χ0) is 15.3. The monoisotopic (exact) mass is 363 g/mol. The van der Waals surface area contributed by atoms with Crippen molar-refractivity contribution in [2.75, 3.05) is 38.1 Å². The van der Waals surface area contributed by atoms with E-state index >= 15 is 0 Å². The fraction of sp³-hybridized carbons (Fsp3) is 0.333. The third kappa shape index (κ3) is 2.16. The van der Waals surface area contributed by atoms with Crippen molar-refractivity contribution in [3.63, 3.8) is 0 Å². The third-order valence-corrected chi connectivity index (χ3v) is 4.75. The normalized spacial score (nSPS) is 16.8. The second kappa shape index (κ2) is 5.17. The van der Waals surface area contributed by atoms with E-state index in [1.54, 1.807) is 12.3 Å². The number of hydrogen-bond donors (Lipinski definition) is 0. The van der Waals surface area contributed by atoms with Crippen LogP contribution in [0, 0.1) is 5.82 Å². The molecular weight excluding hydrogens is 349 g/mol. The first-order chi connectivity index (χ1) is 10.6. The van der Waals surface area contributed by atoms with E-state index in [-0.39, 0.29) is 5.82 Å². The molecule has 7 heteroatoms. The Morgan fingerprint density at radius 1 is 1.18 bits per heavy atom. The molecule has 2 aromatic heterocycles. The van der Waals surface area contributed by atoms with E-state index in [1.165, 1.54) is 6.07 Å². The lowest BCUT2D eigenvalue weighted by Gasteiger charge is -2.33. The molecule has 0 bridgehead atoms. The van der Waals surface area contributed by atoms with E-state index in [2.05, 4.69) is 37.8 Å². The van der Waals surface area contributed by atoms with Gasteiger partial charge in [-0.05, 0) is 29.0 Å². The minimum atomic E-state index is -0.295. The number of nitrogens with zero attached hydrogens (tertiary/aromatic N) is 5. The van der Waals surface area contributed by atoms with Gasteiger partial charge in [0, 0.05) is 44.6 Å². The highest BCUT2D eigenvalue weighted by Gasteiger charge is 2.20. The molecule has 0 spiro atoms. The van der Waals surface area contributed by atoms with Crippen LogP contribution < -0.4 is 4.90 Å². The fourth-order valence-corrected chi connectivity index (χ4v) is 3.20. The van der Waals surface area contributed by atoms with Gasteiger partial charge in [0.15, 0.2) is 11.5 Å². The number of rotatable bonds is 1. The molecule has 1 aliphatic rings. The molecule has 4 rings (SSSR count). The lowest BCUT2D eigenvalue weighted by Crippen LogP contribution is -2.45. The van der Waals surface area contributed by atoms with Gasteiger partial charge in [-0.3, -0.25) is 4.40 Å². The highest BCUT2D eigenvalue weighted by atomic mass is 79.9. The van der Waals surface area contributed by atoms with Crippen molar-refractivity contribution in [2.45, 2.75) is 0 Å². The number of fused-ring (bicyclic) bond motifs is 3. The van der Waals surface area contributed by atoms with Crippen molar-refractivity contribution in [1.29, 1.82) is 0 Å². The average Bonchev–Trinajstić information content (AvgIpc) is 2.99. The Kier molecular flexibility index (Phi) is 3.27. The zero-order valence-electron chi connectivity index (χ0n) is 12.1. The largest absolute Gasteiger partial charge is 0.351 e. The minimum absolute atomic E-state index is 0.295. The van der Waals surface area contributed by atoms with Gasteiger partial charge in [-0.15, -0.1) is 0 Å². The first-order valence-electron chi connectivity index (χ1n) is 7.19. The van der Waals surface area contributed by atoms with Gasteiger partial charge in [-0.2, -0.15) is 0 Å². The Labute approximate surface area is 135 Å². The second-order valence-corrected chi connectivity index (χ2v) is 6.46. The van der Waals surface area contributed by atoms with Crippen LogP contribution in [-0.2, 0) is 0 Å². The molecule has 3 aromatic rings. The van der Waals surface area contributed by atoms with Crippen LogP contribution in [0.5, 0.6) is 0 Å². The summed E-state index contributed by atoms with van der Waals surface area (Å²) in [6, 6.07) is 3.22. The number of hydrogen-bond acceptors (Lipinski definition) is 4. The maximum Gasteiger partial charge on any atom is 0.180 e. The molecule has 0 saturated carbocycles. The molecule has 1 aromatic carbocycles. The summed E-state index contributed by atoms with van der Waals surface area (Å²) >= 11 is 3.24. The SMILES string of the molecule is CN1CCN(c2nc3cc(Br)c(F)cc3n3ccnc23)CC1. The van der Waals surface area contributed by atoms with E-state index in [9.17, 15) is 4.39 Å². The molecule has 22 heavy (non-hydrogen) atoms. The van der Waals surface area contributed by atoms with Crippen molar-refractivity contribution < 1.29 is 4.39 Å². The molecule has 1 aliphatic heterocycles. The molecule has 5 nitrogen and oxygen atoms in total. The van der Waals surface area contributed by atoms with E-state index in [4.69, 9.17) is 4.98 Å². The van der Waals surface area contributed by atoms with Gasteiger partial charge in [0.05, 0.1) is 15.5 Å². The van der Waals surface area contributed by atoms with E-state index in [0.29, 0.717) is 4.47 Å². The Bertz CT molecular complexity index is 854. The molecule has 0 aliphatic carbocycles. The summed E-state index contributed by atoms with van der Waals surface area (Å²) in [6.45, 7) is 3.83. The van der Waals surface area contributed by atoms with Gasteiger partial charge in [0.25, 0.3) is 0 Å². The Morgan fingerprint density at radius 3 is 2.73 bits per heavy atom. The number of likely N-dealkylation sites (N-methyl/N-ethyl adjacent to an activating group) is 1. The van der Waals surface area contributed by atoms with Crippen LogP contribution in [0.3, 0.4) is 0 Å². The van der Waals surface area contributed by atoms with Gasteiger partial charge in [0.2, 0.25) is 0 Å².